The first-order chi connectivity index (χ1) is 66.1. The Kier molecular flexibility index (Phi) is 33.3. The largest absolute Gasteiger partial charge is 0.491 e. The second kappa shape index (κ2) is 47.9. The number of rotatable bonds is 46. The summed E-state index contributed by atoms with van der Waals surface area (Å²) in [5, 5.41) is 0. The van der Waals surface area contributed by atoms with E-state index in [1.54, 1.807) is 28.4 Å². The van der Waals surface area contributed by atoms with E-state index in [1.807, 2.05) is 182 Å². The molecule has 0 atom stereocenters. The normalized spacial score (nSPS) is 11.9. The van der Waals surface area contributed by atoms with Crippen LogP contribution in [-0.2, 0) is 56.8 Å². The molecule has 16 rings (SSSR count). The Balaban J connectivity index is 0.873. The van der Waals surface area contributed by atoms with Gasteiger partial charge in [-0.1, -0.05) is 72.8 Å². The van der Waals surface area contributed by atoms with E-state index < -0.39 is 0 Å². The highest BCUT2D eigenvalue weighted by Crippen LogP contribution is 2.42. The van der Waals surface area contributed by atoms with Crippen LogP contribution in [0.4, 0.5) is 11.4 Å². The van der Waals surface area contributed by atoms with Crippen molar-refractivity contribution in [2.24, 2.45) is 0 Å². The van der Waals surface area contributed by atoms with Crippen LogP contribution in [0.3, 0.4) is 0 Å². The van der Waals surface area contributed by atoms with Crippen molar-refractivity contribution in [3.8, 4) is 113 Å². The molecule has 6 aromatic carbocycles. The van der Waals surface area contributed by atoms with Gasteiger partial charge in [0.1, 0.15) is 49.4 Å². The standard InChI is InChI=1S/C108H108N10O16/c1-119-45-49-123-53-57-127-61-65-131-81-15-7-11-75(69-81)105-95-33-29-87(111-95)85(88-30-34-96(112-88)106(76-12-8-16-82(70-76)132-66-62-128-58-54-124-50-46-120-2)100-42-38-92(116-100)103(91-37-41-99(105)115-91)73-21-25-79(109)26-22-73)19-5-6-20-86-89-31-35-97(113-89)107(77-13-9-17-83(71-77)133-67-63-129-59-55-125-51-47-121-3)101-43-39-93(117-101)104(74-23-27-80(110)28-24-74)94-40-44-102(118-94)108(98-36-32-90(86)114-98)78-14-10-18-84(72-78)134-68-64-130-60-56-126-52-48-122-4/h7-18,21-44,69-72,111,113,116,118H,45-68,109-110H2,1-4H3. The molecular weight excluding hydrogens is 1690 g/mol. The Labute approximate surface area is 778 Å². The Morgan fingerprint density at radius 2 is 0.433 bits per heavy atom. The van der Waals surface area contributed by atoms with Gasteiger partial charge >= 0.3 is 0 Å². The van der Waals surface area contributed by atoms with Crippen molar-refractivity contribution in [2.45, 2.75) is 0 Å². The fourth-order valence-corrected chi connectivity index (χ4v) is 15.7. The van der Waals surface area contributed by atoms with Gasteiger partial charge in [0, 0.05) is 106 Å². The molecule has 686 valence electrons. The lowest BCUT2D eigenvalue weighted by atomic mass is 10.0. The number of ether oxygens (including phenoxy) is 16. The summed E-state index contributed by atoms with van der Waals surface area (Å²) in [6.45, 7) is 9.98. The second-order valence-corrected chi connectivity index (χ2v) is 31.1. The van der Waals surface area contributed by atoms with Gasteiger partial charge in [0.2, 0.25) is 0 Å². The molecule has 26 nitrogen and oxygen atoms in total. The molecule has 0 amide bonds. The van der Waals surface area contributed by atoms with E-state index in [9.17, 15) is 0 Å². The van der Waals surface area contributed by atoms with Crippen LogP contribution >= 0.6 is 0 Å². The molecule has 134 heavy (non-hydrogen) atoms. The number of aromatic nitrogens is 8. The summed E-state index contributed by atoms with van der Waals surface area (Å²) in [6, 6.07) is 64.1. The molecule has 0 saturated carbocycles. The van der Waals surface area contributed by atoms with Gasteiger partial charge in [-0.15, -0.1) is 0 Å². The first-order valence-electron chi connectivity index (χ1n) is 44.7. The maximum atomic E-state index is 6.42. The molecule has 26 heteroatoms. The fourth-order valence-electron chi connectivity index (χ4n) is 15.7. The zero-order valence-corrected chi connectivity index (χ0v) is 75.5. The van der Waals surface area contributed by atoms with Crippen molar-refractivity contribution in [3.63, 3.8) is 0 Å². The number of methoxy groups -OCH3 is 4. The topological polar surface area (TPSA) is 314 Å². The van der Waals surface area contributed by atoms with Gasteiger partial charge in [0.15, 0.2) is 0 Å². The lowest BCUT2D eigenvalue weighted by Crippen LogP contribution is -2.12. The summed E-state index contributed by atoms with van der Waals surface area (Å²) in [4.78, 5) is 37.8. The lowest BCUT2D eigenvalue weighted by Gasteiger charge is -2.10. The van der Waals surface area contributed by atoms with Gasteiger partial charge in [-0.25, -0.2) is 19.9 Å². The van der Waals surface area contributed by atoms with E-state index in [0.717, 1.165) is 99.9 Å². The van der Waals surface area contributed by atoms with Crippen molar-refractivity contribution in [2.75, 3.05) is 198 Å². The van der Waals surface area contributed by atoms with E-state index >= 15 is 0 Å². The Morgan fingerprint density at radius 1 is 0.224 bits per heavy atom. The number of fused-ring (bicyclic) bond motifs is 16. The number of nitrogens with one attached hydrogen (secondary N) is 4. The summed E-state index contributed by atoms with van der Waals surface area (Å²) >= 11 is 0. The zero-order valence-electron chi connectivity index (χ0n) is 75.5. The van der Waals surface area contributed by atoms with Gasteiger partial charge in [0.25, 0.3) is 0 Å². The minimum atomic E-state index is 0.300. The van der Waals surface area contributed by atoms with Crippen LogP contribution in [0, 0.1) is 23.7 Å². The van der Waals surface area contributed by atoms with E-state index in [1.165, 1.54) is 0 Å². The molecule has 16 bridgehead atoms. The number of nitrogen functional groups attached to an aromatic ring is 2. The van der Waals surface area contributed by atoms with Crippen molar-refractivity contribution < 1.29 is 75.8 Å². The SMILES string of the molecule is COCCOCCOCCOc1cccc(-c2c3nc(c(-c4ccc(N)cc4)c4ccc([nH]4)c(-c4cccc(OCCOCCOCCOC)c4)c4nc(c(C#CC#Cc5c6nc(c(-c7cccc(OCCOCCOCCOC)c7)c7ccc([nH]7)c(-c7ccc(N)cc7)c7nc(c(-c8cccc(OCCOCCOCCOC)c8)c8ccc5[nH]8)C=C7)C=C6)c5ccc2[nH]5)C=C4)C=C3)c1. The van der Waals surface area contributed by atoms with Crippen LogP contribution in [0.1, 0.15) is 56.7 Å². The van der Waals surface area contributed by atoms with Crippen LogP contribution < -0.4 is 30.4 Å². The first-order valence-corrected chi connectivity index (χ1v) is 44.7. The van der Waals surface area contributed by atoms with Gasteiger partial charge in [0.05, 0.1) is 200 Å². The molecule has 4 aliphatic rings. The predicted octanol–water partition coefficient (Wildman–Crippen LogP) is 18.4. The third-order valence-electron chi connectivity index (χ3n) is 22.0. The minimum absolute atomic E-state index is 0.300. The lowest BCUT2D eigenvalue weighted by molar-refractivity contribution is 0.0180. The summed E-state index contributed by atoms with van der Waals surface area (Å²) in [5.74, 6) is 16.5. The Hall–Kier alpha value is -14.0. The molecule has 12 aromatic rings. The molecule has 6 aromatic heterocycles. The molecule has 4 aliphatic heterocycles. The van der Waals surface area contributed by atoms with Crippen molar-refractivity contribution in [3.05, 3.63) is 251 Å². The highest BCUT2D eigenvalue weighted by Gasteiger charge is 2.24. The average Bonchev–Trinajstić information content (AvgIpc) is 1.62. The molecule has 0 fully saturated rings. The second-order valence-electron chi connectivity index (χ2n) is 31.1. The molecule has 0 aliphatic carbocycles. The van der Waals surface area contributed by atoms with E-state index in [-0.39, 0.29) is 0 Å². The third kappa shape index (κ3) is 24.4. The number of H-pyrrole nitrogens is 4. The Bertz CT molecular complexity index is 6160. The van der Waals surface area contributed by atoms with Crippen LogP contribution in [0.25, 0.3) is 160 Å². The van der Waals surface area contributed by atoms with E-state index in [2.05, 4.69) is 104 Å². The number of aromatic amines is 4. The summed E-state index contributed by atoms with van der Waals surface area (Å²) in [5.41, 5.74) is 36.4. The van der Waals surface area contributed by atoms with Crippen molar-refractivity contribution in [1.29, 1.82) is 0 Å². The van der Waals surface area contributed by atoms with Gasteiger partial charge in [-0.05, 0) is 227 Å². The maximum absolute atomic E-state index is 6.42. The monoisotopic (exact) mass is 1800 g/mol. The molecular formula is C108H108N10O16. The highest BCUT2D eigenvalue weighted by molar-refractivity contribution is 6.01. The predicted molar refractivity (Wildman–Crippen MR) is 529 cm³/mol. The van der Waals surface area contributed by atoms with Crippen LogP contribution in [0.2, 0.25) is 0 Å². The highest BCUT2D eigenvalue weighted by atomic mass is 16.6. The van der Waals surface area contributed by atoms with Crippen LogP contribution in [0.5, 0.6) is 23.0 Å². The molecule has 8 N–H and O–H groups in total. The molecule has 0 saturated heterocycles. The van der Waals surface area contributed by atoms with Gasteiger partial charge in [-0.2, -0.15) is 0 Å². The molecule has 10 heterocycles. The van der Waals surface area contributed by atoms with Gasteiger partial charge < -0.3 is 107 Å². The average molecular weight is 1800 g/mol. The number of hydrogen-bond donors (Lipinski definition) is 6. The summed E-state index contributed by atoms with van der Waals surface area (Å²) < 4.78 is 92.4. The quantitative estimate of drug-likeness (QED) is 0.0117. The number of hydrogen-bond acceptors (Lipinski definition) is 22. The van der Waals surface area contributed by atoms with Crippen LogP contribution in [-0.4, -0.2) is 227 Å². The fraction of sp³-hybridized carbons (Fsp3) is 0.259. The zero-order chi connectivity index (χ0) is 91.8. The number of nitrogens with zero attached hydrogens (tertiary/aromatic N) is 4. The minimum Gasteiger partial charge on any atom is -0.491 e. The van der Waals surface area contributed by atoms with E-state index in [4.69, 9.17) is 107 Å². The summed E-state index contributed by atoms with van der Waals surface area (Å²) in [7, 11) is 6.59. The first kappa shape index (κ1) is 93.2. The van der Waals surface area contributed by atoms with Gasteiger partial charge in [-0.3, -0.25) is 0 Å². The number of anilines is 2. The van der Waals surface area contributed by atoms with Crippen LogP contribution in [0.15, 0.2) is 194 Å². The van der Waals surface area contributed by atoms with E-state index in [0.29, 0.717) is 261 Å². The maximum Gasteiger partial charge on any atom is 0.120 e. The molecule has 0 unspecified atom stereocenters. The smallest absolute Gasteiger partial charge is 0.120 e. The number of nitrogens with two attached hydrogens (primary N) is 2. The van der Waals surface area contributed by atoms with Crippen molar-refractivity contribution in [1.82, 2.24) is 39.9 Å². The Morgan fingerprint density at radius 3 is 0.687 bits per heavy atom. The summed E-state index contributed by atoms with van der Waals surface area (Å²) in [6.07, 6.45) is 16.2. The van der Waals surface area contributed by atoms with Crippen molar-refractivity contribution >= 4 is 104 Å². The number of benzene rings is 6. The molecule has 0 spiro atoms. The molecule has 0 radical (unpaired) electrons. The third-order valence-corrected chi connectivity index (χ3v) is 22.0.